The first kappa shape index (κ1) is 23.0. The van der Waals surface area contributed by atoms with Gasteiger partial charge < -0.3 is 5.11 Å². The lowest BCUT2D eigenvalue weighted by molar-refractivity contribution is -0.139. The Hall–Kier alpha value is -2.26. The van der Waals surface area contributed by atoms with Crippen LogP contribution in [-0.2, 0) is 6.18 Å². The van der Waals surface area contributed by atoms with Crippen molar-refractivity contribution in [2.45, 2.75) is 18.3 Å². The van der Waals surface area contributed by atoms with E-state index in [9.17, 15) is 35.5 Å². The average molecular weight is 461 g/mol. The van der Waals surface area contributed by atoms with Crippen molar-refractivity contribution in [1.82, 2.24) is 0 Å². The second-order valence-electron chi connectivity index (χ2n) is 5.78. The zero-order chi connectivity index (χ0) is 22.1. The number of rotatable bonds is 4. The SMILES string of the molecule is O=C(O)c1ccc(/C=C/C(c2cc(Cl)c(F)c(Cl)c2)C(F)(F)F)cc1C(F)(F)F. The number of allylic oxidation sites excluding steroid dienone is 1. The second-order valence-corrected chi connectivity index (χ2v) is 6.60. The van der Waals surface area contributed by atoms with Crippen molar-refractivity contribution in [2.75, 3.05) is 0 Å². The fourth-order valence-corrected chi connectivity index (χ4v) is 2.96. The quantitative estimate of drug-likeness (QED) is 0.386. The van der Waals surface area contributed by atoms with E-state index >= 15 is 0 Å². The Morgan fingerprint density at radius 2 is 1.55 bits per heavy atom. The van der Waals surface area contributed by atoms with Crippen LogP contribution in [0.4, 0.5) is 30.7 Å². The van der Waals surface area contributed by atoms with Crippen LogP contribution in [-0.4, -0.2) is 17.3 Å². The zero-order valence-corrected chi connectivity index (χ0v) is 15.4. The molecule has 0 saturated heterocycles. The summed E-state index contributed by atoms with van der Waals surface area (Å²) in [5.74, 6) is -5.30. The molecule has 1 unspecified atom stereocenters. The van der Waals surface area contributed by atoms with E-state index in [1.165, 1.54) is 0 Å². The molecule has 156 valence electrons. The number of carbonyl (C=O) groups is 1. The minimum Gasteiger partial charge on any atom is -0.478 e. The van der Waals surface area contributed by atoms with E-state index in [2.05, 4.69) is 0 Å². The average Bonchev–Trinajstić information content (AvgIpc) is 2.57. The number of aromatic carboxylic acids is 1. The van der Waals surface area contributed by atoms with Crippen LogP contribution < -0.4 is 0 Å². The fourth-order valence-electron chi connectivity index (χ4n) is 2.46. The predicted octanol–water partition coefficient (Wildman–Crippen LogP) is 7.21. The summed E-state index contributed by atoms with van der Waals surface area (Å²) >= 11 is 11.0. The van der Waals surface area contributed by atoms with Crippen LogP contribution in [0.3, 0.4) is 0 Å². The highest BCUT2D eigenvalue weighted by molar-refractivity contribution is 6.35. The molecule has 2 aromatic rings. The summed E-state index contributed by atoms with van der Waals surface area (Å²) < 4.78 is 92.8. The van der Waals surface area contributed by atoms with Crippen LogP contribution in [0.15, 0.2) is 36.4 Å². The smallest absolute Gasteiger partial charge is 0.417 e. The molecule has 29 heavy (non-hydrogen) atoms. The predicted molar refractivity (Wildman–Crippen MR) is 92.7 cm³/mol. The van der Waals surface area contributed by atoms with Crippen molar-refractivity contribution in [1.29, 1.82) is 0 Å². The molecule has 0 radical (unpaired) electrons. The van der Waals surface area contributed by atoms with Crippen molar-refractivity contribution < 1.29 is 40.6 Å². The van der Waals surface area contributed by atoms with E-state index in [0.29, 0.717) is 30.3 Å². The number of alkyl halides is 6. The summed E-state index contributed by atoms with van der Waals surface area (Å²) in [6.07, 6.45) is -8.64. The largest absolute Gasteiger partial charge is 0.478 e. The third-order valence-corrected chi connectivity index (χ3v) is 4.33. The Bertz CT molecular complexity index is 943. The van der Waals surface area contributed by atoms with Crippen LogP contribution in [0, 0.1) is 5.82 Å². The van der Waals surface area contributed by atoms with Crippen LogP contribution in [0.1, 0.15) is 33.0 Å². The van der Waals surface area contributed by atoms with Crippen molar-refractivity contribution >= 4 is 35.2 Å². The monoisotopic (exact) mass is 460 g/mol. The lowest BCUT2D eigenvalue weighted by atomic mass is 9.96. The molecule has 0 aliphatic heterocycles. The molecule has 1 atom stereocenters. The third-order valence-electron chi connectivity index (χ3n) is 3.78. The molecule has 2 aromatic carbocycles. The van der Waals surface area contributed by atoms with Crippen molar-refractivity contribution in [3.63, 3.8) is 0 Å². The summed E-state index contributed by atoms with van der Waals surface area (Å²) in [4.78, 5) is 10.9. The summed E-state index contributed by atoms with van der Waals surface area (Å²) in [6.45, 7) is 0. The number of hydrogen-bond donors (Lipinski definition) is 1. The van der Waals surface area contributed by atoms with Gasteiger partial charge in [-0.25, -0.2) is 9.18 Å². The van der Waals surface area contributed by atoms with Gasteiger partial charge in [-0.3, -0.25) is 0 Å². The van der Waals surface area contributed by atoms with Gasteiger partial charge in [0, 0.05) is 0 Å². The topological polar surface area (TPSA) is 37.3 Å². The van der Waals surface area contributed by atoms with Gasteiger partial charge in [-0.1, -0.05) is 41.4 Å². The van der Waals surface area contributed by atoms with Crippen molar-refractivity contribution in [3.8, 4) is 0 Å². The standard InChI is InChI=1S/C18H9Cl2F7O2/c19-13-6-9(7-14(20)15(13)21)11(17(22,23)24)4-2-8-1-3-10(16(28)29)12(5-8)18(25,26)27/h1-7,11H,(H,28,29)/b4-2+. The molecule has 0 heterocycles. The van der Waals surface area contributed by atoms with Gasteiger partial charge in [-0.2, -0.15) is 26.3 Å². The molecule has 0 saturated carbocycles. The minimum absolute atomic E-state index is 0.323. The Kier molecular flexibility index (Phi) is 6.54. The molecule has 0 amide bonds. The molecule has 1 N–H and O–H groups in total. The van der Waals surface area contributed by atoms with Gasteiger partial charge in [0.2, 0.25) is 0 Å². The third kappa shape index (κ3) is 5.42. The first-order valence-electron chi connectivity index (χ1n) is 7.55. The van der Waals surface area contributed by atoms with Gasteiger partial charge in [0.1, 0.15) is 0 Å². The van der Waals surface area contributed by atoms with Gasteiger partial charge >= 0.3 is 18.3 Å². The van der Waals surface area contributed by atoms with Crippen LogP contribution in [0.2, 0.25) is 10.0 Å². The Labute approximate surface area is 169 Å². The number of carboxylic acids is 1. The fraction of sp³-hybridized carbons (Fsp3) is 0.167. The molecule has 0 aliphatic carbocycles. The number of benzene rings is 2. The van der Waals surface area contributed by atoms with Crippen LogP contribution in [0.5, 0.6) is 0 Å². The van der Waals surface area contributed by atoms with Gasteiger partial charge in [-0.05, 0) is 35.4 Å². The lowest BCUT2D eigenvalue weighted by Crippen LogP contribution is -2.19. The molecule has 2 rings (SSSR count). The second kappa shape index (κ2) is 8.23. The molecule has 0 aliphatic rings. The van der Waals surface area contributed by atoms with Gasteiger partial charge in [0.25, 0.3) is 0 Å². The molecular formula is C18H9Cl2F7O2. The first-order chi connectivity index (χ1) is 13.2. The zero-order valence-electron chi connectivity index (χ0n) is 13.9. The minimum atomic E-state index is -5.03. The maximum absolute atomic E-state index is 13.5. The van der Waals surface area contributed by atoms with E-state index in [0.717, 1.165) is 12.1 Å². The summed E-state index contributed by atoms with van der Waals surface area (Å²) in [6, 6.07) is 3.39. The van der Waals surface area contributed by atoms with E-state index < -0.39 is 56.8 Å². The summed E-state index contributed by atoms with van der Waals surface area (Å²) in [5, 5.41) is 7.54. The highest BCUT2D eigenvalue weighted by atomic mass is 35.5. The van der Waals surface area contributed by atoms with Crippen molar-refractivity contribution in [3.05, 3.63) is 74.5 Å². The maximum atomic E-state index is 13.5. The first-order valence-corrected chi connectivity index (χ1v) is 8.31. The van der Waals surface area contributed by atoms with Crippen LogP contribution in [0.25, 0.3) is 6.08 Å². The number of halogens is 9. The van der Waals surface area contributed by atoms with Gasteiger partial charge in [-0.15, -0.1) is 0 Å². The number of carboxylic acid groups (broad SMARTS) is 1. The lowest BCUT2D eigenvalue weighted by Gasteiger charge is -2.18. The molecule has 2 nitrogen and oxygen atoms in total. The van der Waals surface area contributed by atoms with E-state index in [-0.39, 0.29) is 5.56 Å². The maximum Gasteiger partial charge on any atom is 0.417 e. The Morgan fingerprint density at radius 1 is 1.00 bits per heavy atom. The van der Waals surface area contributed by atoms with E-state index in [1.807, 2.05) is 0 Å². The Morgan fingerprint density at radius 3 is 2.00 bits per heavy atom. The Balaban J connectivity index is 2.52. The molecular weight excluding hydrogens is 452 g/mol. The highest BCUT2D eigenvalue weighted by Gasteiger charge is 2.40. The normalized spacial score (nSPS) is 13.7. The molecule has 0 bridgehead atoms. The van der Waals surface area contributed by atoms with E-state index in [1.54, 1.807) is 0 Å². The van der Waals surface area contributed by atoms with Gasteiger partial charge in [0.15, 0.2) is 5.82 Å². The van der Waals surface area contributed by atoms with Gasteiger partial charge in [0.05, 0.1) is 27.1 Å². The number of hydrogen-bond acceptors (Lipinski definition) is 1. The van der Waals surface area contributed by atoms with Crippen LogP contribution >= 0.6 is 23.2 Å². The highest BCUT2D eigenvalue weighted by Crippen LogP contribution is 2.40. The summed E-state index contributed by atoms with van der Waals surface area (Å²) in [5.41, 5.74) is -3.40. The molecule has 0 fully saturated rings. The summed E-state index contributed by atoms with van der Waals surface area (Å²) in [7, 11) is 0. The molecule has 0 spiro atoms. The molecule has 0 aromatic heterocycles. The van der Waals surface area contributed by atoms with E-state index in [4.69, 9.17) is 28.3 Å². The molecule has 11 heteroatoms. The van der Waals surface area contributed by atoms with Crippen molar-refractivity contribution in [2.24, 2.45) is 0 Å².